The molecule has 0 aliphatic carbocycles. The number of ether oxygens (including phenoxy) is 1. The number of halogens is 1. The first-order valence-electron chi connectivity index (χ1n) is 10.6. The lowest BCUT2D eigenvalue weighted by molar-refractivity contribution is -0.128. The highest BCUT2D eigenvalue weighted by Crippen LogP contribution is 2.35. The quantitative estimate of drug-likeness (QED) is 0.351. The Bertz CT molecular complexity index is 915. The van der Waals surface area contributed by atoms with E-state index >= 15 is 0 Å². The third-order valence-electron chi connectivity index (χ3n) is 5.62. The number of carbonyl (C=O) groups excluding carboxylic acids is 2. The Kier molecular flexibility index (Phi) is 7.90. The topological polar surface area (TPSA) is 74.2 Å². The molecular weight excluding hydrogens is 448 g/mol. The zero-order valence-corrected chi connectivity index (χ0v) is 20.8. The number of anilines is 1. The fourth-order valence-corrected chi connectivity index (χ4v) is 4.84. The van der Waals surface area contributed by atoms with Gasteiger partial charge in [0.05, 0.1) is 18.6 Å². The van der Waals surface area contributed by atoms with Crippen LogP contribution in [0.3, 0.4) is 0 Å². The van der Waals surface area contributed by atoms with Crippen LogP contribution >= 0.6 is 21.6 Å². The highest BCUT2D eigenvalue weighted by atomic mass is 35.5. The summed E-state index contributed by atoms with van der Waals surface area (Å²) in [7, 11) is -0.692. The number of carbonyl (C=O) groups is 2. The molecule has 0 bridgehead atoms. The molecule has 2 atom stereocenters. The summed E-state index contributed by atoms with van der Waals surface area (Å²) >= 11 is 6.23. The highest BCUT2D eigenvalue weighted by molar-refractivity contribution is 8.32. The summed E-state index contributed by atoms with van der Waals surface area (Å²) in [6.45, 7) is 6.92. The van der Waals surface area contributed by atoms with Crippen molar-refractivity contribution in [2.75, 3.05) is 49.3 Å². The molecule has 0 radical (unpaired) electrons. The van der Waals surface area contributed by atoms with Gasteiger partial charge in [-0.05, 0) is 50.3 Å². The molecule has 176 valence electrons. The normalized spacial score (nSPS) is 21.3. The Labute approximate surface area is 197 Å². The molecule has 2 unspecified atom stereocenters. The van der Waals surface area contributed by atoms with Gasteiger partial charge in [-0.15, -0.1) is 0 Å². The van der Waals surface area contributed by atoms with E-state index in [9.17, 15) is 9.59 Å². The van der Waals surface area contributed by atoms with E-state index in [-0.39, 0.29) is 37.0 Å². The van der Waals surface area contributed by atoms with Gasteiger partial charge in [0.1, 0.15) is 19.1 Å². The van der Waals surface area contributed by atoms with Crippen LogP contribution in [0.2, 0.25) is 5.02 Å². The summed E-state index contributed by atoms with van der Waals surface area (Å²) in [4.78, 5) is 29.4. The molecule has 1 aromatic carbocycles. The predicted octanol–water partition coefficient (Wildman–Crippen LogP) is 3.44. The molecule has 9 heteroatoms. The van der Waals surface area contributed by atoms with Crippen molar-refractivity contribution >= 4 is 45.0 Å². The van der Waals surface area contributed by atoms with Gasteiger partial charge >= 0.3 is 0 Å². The minimum Gasteiger partial charge on any atom is -0.360 e. The molecule has 7 nitrogen and oxygen atoms in total. The molecule has 1 fully saturated rings. The van der Waals surface area contributed by atoms with Gasteiger partial charge in [0.2, 0.25) is 5.91 Å². The molecule has 2 heterocycles. The maximum Gasteiger partial charge on any atom is 0.259 e. The van der Waals surface area contributed by atoms with Gasteiger partial charge in [0.25, 0.3) is 5.91 Å². The number of piperidine rings is 1. The zero-order valence-electron chi connectivity index (χ0n) is 19.3. The number of hydrogen-bond donors (Lipinski definition) is 1. The lowest BCUT2D eigenvalue weighted by Crippen LogP contribution is -2.58. The number of amidine groups is 1. The number of hydrazone groups is 1. The molecule has 1 N–H and O–H groups in total. The van der Waals surface area contributed by atoms with Crippen LogP contribution in [0.25, 0.3) is 0 Å². The first kappa shape index (κ1) is 24.6. The molecule has 0 saturated carbocycles. The van der Waals surface area contributed by atoms with E-state index in [0.717, 1.165) is 17.2 Å². The number of benzene rings is 1. The van der Waals surface area contributed by atoms with Gasteiger partial charge in [-0.25, -0.2) is 15.5 Å². The minimum atomic E-state index is -0.692. The molecule has 1 saturated heterocycles. The fraction of sp³-hybridized carbons (Fsp3) is 0.522. The third-order valence-corrected chi connectivity index (χ3v) is 7.25. The van der Waals surface area contributed by atoms with Gasteiger partial charge in [0, 0.05) is 22.9 Å². The third kappa shape index (κ3) is 6.05. The summed E-state index contributed by atoms with van der Waals surface area (Å²) < 4.78 is 5.96. The van der Waals surface area contributed by atoms with Crippen LogP contribution in [0.15, 0.2) is 41.5 Å². The van der Waals surface area contributed by atoms with E-state index in [1.54, 1.807) is 17.0 Å². The predicted molar refractivity (Wildman–Crippen MR) is 134 cm³/mol. The standard InChI is InChI=1S/C23H33ClN4O3S/c1-16(2)22-19(9-10-20-25-26-21(29)14-27(20)22)23(30)28(15-31-11-12-32(3,4)5)18-8-6-7-17(24)13-18/h6-8,13,19,22H,1,9-12,14-15H2,2-5H3,(H,26,29). The largest absolute Gasteiger partial charge is 0.360 e. The Morgan fingerprint density at radius 2 is 2.16 bits per heavy atom. The smallest absolute Gasteiger partial charge is 0.259 e. The van der Waals surface area contributed by atoms with Crippen molar-refractivity contribution in [2.45, 2.75) is 25.8 Å². The second-order valence-electron chi connectivity index (χ2n) is 9.21. The van der Waals surface area contributed by atoms with Crippen molar-refractivity contribution in [3.05, 3.63) is 41.4 Å². The Balaban J connectivity index is 1.85. The van der Waals surface area contributed by atoms with Crippen molar-refractivity contribution in [1.29, 1.82) is 0 Å². The summed E-state index contributed by atoms with van der Waals surface area (Å²) in [5.74, 6) is 1.14. The number of fused-ring (bicyclic) bond motifs is 1. The Morgan fingerprint density at radius 1 is 1.41 bits per heavy atom. The molecule has 2 amide bonds. The lowest BCUT2D eigenvalue weighted by atomic mass is 9.83. The van der Waals surface area contributed by atoms with Gasteiger partial charge in [-0.3, -0.25) is 14.5 Å². The SMILES string of the molecule is C=C(C)C1C(C(=O)N(COCCS(C)(C)C)c2cccc(Cl)c2)CCC2=NNC(=O)CN21. The van der Waals surface area contributed by atoms with Crippen molar-refractivity contribution in [1.82, 2.24) is 10.3 Å². The average molecular weight is 481 g/mol. The highest BCUT2D eigenvalue weighted by Gasteiger charge is 2.43. The van der Waals surface area contributed by atoms with Gasteiger partial charge in [0.15, 0.2) is 0 Å². The van der Waals surface area contributed by atoms with E-state index in [4.69, 9.17) is 16.3 Å². The van der Waals surface area contributed by atoms with E-state index in [1.807, 2.05) is 24.0 Å². The average Bonchev–Trinajstić information content (AvgIpc) is 2.71. The second-order valence-corrected chi connectivity index (χ2v) is 14.2. The maximum atomic E-state index is 13.9. The Hall–Kier alpha value is -2.03. The van der Waals surface area contributed by atoms with Crippen molar-refractivity contribution in [2.24, 2.45) is 11.0 Å². The lowest BCUT2D eigenvalue weighted by Gasteiger charge is -2.45. The van der Waals surface area contributed by atoms with Crippen molar-refractivity contribution in [3.63, 3.8) is 0 Å². The molecular formula is C23H33ClN4O3S. The van der Waals surface area contributed by atoms with Crippen LogP contribution in [0.4, 0.5) is 5.69 Å². The van der Waals surface area contributed by atoms with Crippen LogP contribution in [0.5, 0.6) is 0 Å². The van der Waals surface area contributed by atoms with E-state index in [2.05, 4.69) is 35.9 Å². The van der Waals surface area contributed by atoms with Crippen LogP contribution in [0, 0.1) is 5.92 Å². The molecule has 1 aromatic rings. The first-order chi connectivity index (χ1) is 15.1. The summed E-state index contributed by atoms with van der Waals surface area (Å²) in [5.41, 5.74) is 4.06. The van der Waals surface area contributed by atoms with Crippen molar-refractivity contribution in [3.8, 4) is 0 Å². The van der Waals surface area contributed by atoms with Crippen LogP contribution < -0.4 is 10.3 Å². The van der Waals surface area contributed by atoms with E-state index in [1.165, 1.54) is 0 Å². The van der Waals surface area contributed by atoms with Gasteiger partial charge in [-0.1, -0.05) is 29.8 Å². The monoisotopic (exact) mass is 480 g/mol. The van der Waals surface area contributed by atoms with Crippen molar-refractivity contribution < 1.29 is 14.3 Å². The van der Waals surface area contributed by atoms with Crippen LogP contribution in [-0.4, -0.2) is 73.0 Å². The molecule has 0 spiro atoms. The number of nitrogens with one attached hydrogen (secondary N) is 1. The molecule has 2 aliphatic rings. The van der Waals surface area contributed by atoms with E-state index < -0.39 is 10.0 Å². The maximum absolute atomic E-state index is 13.9. The molecule has 0 aromatic heterocycles. The number of rotatable bonds is 8. The van der Waals surface area contributed by atoms with Crippen LogP contribution in [-0.2, 0) is 14.3 Å². The van der Waals surface area contributed by atoms with E-state index in [0.29, 0.717) is 30.2 Å². The summed E-state index contributed by atoms with van der Waals surface area (Å²) in [6.07, 6.45) is 7.94. The summed E-state index contributed by atoms with van der Waals surface area (Å²) in [5, 5.41) is 4.75. The number of nitrogens with zero attached hydrogens (tertiary/aromatic N) is 3. The first-order valence-corrected chi connectivity index (χ1v) is 14.1. The number of amides is 2. The fourth-order valence-electron chi connectivity index (χ4n) is 4.03. The molecule has 2 aliphatic heterocycles. The number of hydrogen-bond acceptors (Lipinski definition) is 5. The van der Waals surface area contributed by atoms with Crippen LogP contribution in [0.1, 0.15) is 19.8 Å². The van der Waals surface area contributed by atoms with Gasteiger partial charge < -0.3 is 9.64 Å². The minimum absolute atomic E-state index is 0.0617. The molecule has 32 heavy (non-hydrogen) atoms. The second kappa shape index (κ2) is 10.3. The zero-order chi connectivity index (χ0) is 23.5. The summed E-state index contributed by atoms with van der Waals surface area (Å²) in [6, 6.07) is 6.94. The Morgan fingerprint density at radius 3 is 2.81 bits per heavy atom. The molecule has 3 rings (SSSR count). The van der Waals surface area contributed by atoms with Gasteiger partial charge in [-0.2, -0.15) is 5.10 Å².